The fourth-order valence-electron chi connectivity index (χ4n) is 1.92. The van der Waals surface area contributed by atoms with Gasteiger partial charge in [0.2, 0.25) is 5.95 Å². The largest absolute Gasteiger partial charge is 0.506 e. The van der Waals surface area contributed by atoms with Crippen LogP contribution in [-0.4, -0.2) is 10.1 Å². The van der Waals surface area contributed by atoms with Gasteiger partial charge in [0, 0.05) is 10.8 Å². The summed E-state index contributed by atoms with van der Waals surface area (Å²) in [4.78, 5) is 3.79. The summed E-state index contributed by atoms with van der Waals surface area (Å²) >= 11 is 0. The summed E-state index contributed by atoms with van der Waals surface area (Å²) in [6.45, 7) is 0. The summed E-state index contributed by atoms with van der Waals surface area (Å²) in [5, 5.41) is 11.6. The molecule has 0 unspecified atom stereocenters. The van der Waals surface area contributed by atoms with Gasteiger partial charge in [-0.2, -0.15) is 4.39 Å². The van der Waals surface area contributed by atoms with Crippen molar-refractivity contribution in [3.63, 3.8) is 0 Å². The van der Waals surface area contributed by atoms with Crippen LogP contribution in [-0.2, 0) is 0 Å². The van der Waals surface area contributed by atoms with Gasteiger partial charge in [-0.1, -0.05) is 30.3 Å². The van der Waals surface area contributed by atoms with Crippen LogP contribution >= 0.6 is 0 Å². The summed E-state index contributed by atoms with van der Waals surface area (Å²) in [6, 6.07) is 12.2. The normalized spacial score (nSPS) is 11.1. The lowest BCUT2D eigenvalue weighted by Crippen LogP contribution is -1.88. The van der Waals surface area contributed by atoms with Gasteiger partial charge in [-0.15, -0.1) is 0 Å². The Labute approximate surface area is 91.0 Å². The number of pyridine rings is 1. The highest BCUT2D eigenvalue weighted by atomic mass is 19.1. The Balaban J connectivity index is 2.64. The van der Waals surface area contributed by atoms with E-state index in [1.54, 1.807) is 18.2 Å². The number of fused-ring (bicyclic) bond motifs is 3. The molecule has 0 spiro atoms. The van der Waals surface area contributed by atoms with E-state index in [1.165, 1.54) is 6.07 Å². The van der Waals surface area contributed by atoms with E-state index in [1.807, 2.05) is 18.2 Å². The lowest BCUT2D eigenvalue weighted by atomic mass is 10.1. The maximum absolute atomic E-state index is 13.7. The van der Waals surface area contributed by atoms with E-state index in [9.17, 15) is 9.50 Å². The monoisotopic (exact) mass is 213 g/mol. The van der Waals surface area contributed by atoms with Gasteiger partial charge in [-0.25, -0.2) is 4.98 Å². The molecule has 0 saturated heterocycles. The van der Waals surface area contributed by atoms with Crippen LogP contribution in [0.5, 0.6) is 5.75 Å². The third-order valence-corrected chi connectivity index (χ3v) is 2.66. The maximum atomic E-state index is 13.7. The van der Waals surface area contributed by atoms with Crippen molar-refractivity contribution < 1.29 is 9.50 Å². The van der Waals surface area contributed by atoms with E-state index in [0.717, 1.165) is 10.8 Å². The molecule has 0 aliphatic rings. The molecule has 3 aromatic rings. The molecule has 78 valence electrons. The Hall–Kier alpha value is -2.16. The number of phenolic OH excluding ortho intramolecular Hbond substituents is 1. The minimum atomic E-state index is -0.551. The molecule has 16 heavy (non-hydrogen) atoms. The van der Waals surface area contributed by atoms with Crippen molar-refractivity contribution in [1.82, 2.24) is 4.98 Å². The van der Waals surface area contributed by atoms with Crippen LogP contribution in [0.4, 0.5) is 4.39 Å². The number of benzene rings is 2. The highest BCUT2D eigenvalue weighted by Crippen LogP contribution is 2.29. The molecule has 0 aliphatic heterocycles. The van der Waals surface area contributed by atoms with Gasteiger partial charge in [0.1, 0.15) is 11.3 Å². The van der Waals surface area contributed by atoms with Crippen molar-refractivity contribution in [2.75, 3.05) is 0 Å². The molecule has 0 aliphatic carbocycles. The Bertz CT molecular complexity index is 689. The molecule has 1 aromatic heterocycles. The van der Waals surface area contributed by atoms with Crippen molar-refractivity contribution in [3.8, 4) is 5.75 Å². The van der Waals surface area contributed by atoms with E-state index < -0.39 is 5.95 Å². The minimum absolute atomic E-state index is 0.00199. The van der Waals surface area contributed by atoms with Gasteiger partial charge in [0.25, 0.3) is 0 Å². The number of phenols is 1. The van der Waals surface area contributed by atoms with Crippen LogP contribution in [0.15, 0.2) is 42.5 Å². The fourth-order valence-corrected chi connectivity index (χ4v) is 1.92. The van der Waals surface area contributed by atoms with Crippen molar-refractivity contribution in [2.24, 2.45) is 0 Å². The molecule has 0 atom stereocenters. The first-order valence-corrected chi connectivity index (χ1v) is 4.93. The third kappa shape index (κ3) is 1.15. The molecule has 1 N–H and O–H groups in total. The molecule has 0 amide bonds. The maximum Gasteiger partial charge on any atom is 0.221 e. The molecule has 1 heterocycles. The number of rotatable bonds is 0. The van der Waals surface area contributed by atoms with Crippen LogP contribution in [0.25, 0.3) is 21.7 Å². The average molecular weight is 213 g/mol. The second kappa shape index (κ2) is 3.17. The second-order valence-electron chi connectivity index (χ2n) is 3.62. The van der Waals surface area contributed by atoms with Crippen molar-refractivity contribution in [2.45, 2.75) is 0 Å². The van der Waals surface area contributed by atoms with Crippen LogP contribution in [0, 0.1) is 5.95 Å². The van der Waals surface area contributed by atoms with Crippen LogP contribution in [0.3, 0.4) is 0 Å². The first kappa shape index (κ1) is 9.09. The quantitative estimate of drug-likeness (QED) is 0.459. The zero-order valence-corrected chi connectivity index (χ0v) is 8.31. The van der Waals surface area contributed by atoms with E-state index in [0.29, 0.717) is 10.9 Å². The summed E-state index contributed by atoms with van der Waals surface area (Å²) < 4.78 is 13.7. The Morgan fingerprint density at radius 2 is 1.56 bits per heavy atom. The zero-order valence-electron chi connectivity index (χ0n) is 8.31. The molecule has 0 fully saturated rings. The highest BCUT2D eigenvalue weighted by molar-refractivity contribution is 6.07. The molecule has 2 aromatic carbocycles. The van der Waals surface area contributed by atoms with E-state index in [-0.39, 0.29) is 5.75 Å². The Morgan fingerprint density at radius 3 is 2.38 bits per heavy atom. The van der Waals surface area contributed by atoms with Gasteiger partial charge < -0.3 is 5.11 Å². The van der Waals surface area contributed by atoms with Crippen LogP contribution in [0.2, 0.25) is 0 Å². The van der Waals surface area contributed by atoms with E-state index in [4.69, 9.17) is 0 Å². The lowest BCUT2D eigenvalue weighted by Gasteiger charge is -2.05. The minimum Gasteiger partial charge on any atom is -0.506 e. The van der Waals surface area contributed by atoms with Crippen molar-refractivity contribution in [1.29, 1.82) is 0 Å². The van der Waals surface area contributed by atoms with Gasteiger partial charge >= 0.3 is 0 Å². The Kier molecular flexibility index (Phi) is 1.80. The van der Waals surface area contributed by atoms with E-state index in [2.05, 4.69) is 4.98 Å². The number of hydrogen-bond donors (Lipinski definition) is 1. The summed E-state index contributed by atoms with van der Waals surface area (Å²) in [5.41, 5.74) is 0.304. The molecule has 0 bridgehead atoms. The number of halogens is 1. The van der Waals surface area contributed by atoms with Crippen molar-refractivity contribution in [3.05, 3.63) is 48.4 Å². The molecule has 3 rings (SSSR count). The van der Waals surface area contributed by atoms with Gasteiger partial charge in [-0.05, 0) is 17.5 Å². The number of hydrogen-bond acceptors (Lipinski definition) is 2. The summed E-state index contributed by atoms with van der Waals surface area (Å²) in [6.07, 6.45) is 0. The molecular weight excluding hydrogens is 205 g/mol. The smallest absolute Gasteiger partial charge is 0.221 e. The number of aromatic nitrogens is 1. The summed E-state index contributed by atoms with van der Waals surface area (Å²) in [7, 11) is 0. The van der Waals surface area contributed by atoms with Crippen LogP contribution in [0.1, 0.15) is 0 Å². The zero-order chi connectivity index (χ0) is 11.1. The molecular formula is C13H8FNO. The fraction of sp³-hybridized carbons (Fsp3) is 0. The predicted octanol–water partition coefficient (Wildman–Crippen LogP) is 3.23. The first-order chi connectivity index (χ1) is 7.77. The topological polar surface area (TPSA) is 33.1 Å². The van der Waals surface area contributed by atoms with Gasteiger partial charge in [-0.3, -0.25) is 0 Å². The van der Waals surface area contributed by atoms with Crippen molar-refractivity contribution >= 4 is 21.7 Å². The lowest BCUT2D eigenvalue weighted by molar-refractivity contribution is 0.479. The Morgan fingerprint density at radius 1 is 0.875 bits per heavy atom. The SMILES string of the molecule is Oc1cccc2c1nc(F)c1ccccc12. The van der Waals surface area contributed by atoms with E-state index >= 15 is 0 Å². The third-order valence-electron chi connectivity index (χ3n) is 2.66. The standard InChI is InChI=1S/C13H8FNO/c14-13-10-5-2-1-4-8(10)9-6-3-7-11(16)12(9)15-13/h1-7,16H. The second-order valence-corrected chi connectivity index (χ2v) is 3.62. The summed E-state index contributed by atoms with van der Waals surface area (Å²) in [5.74, 6) is -0.549. The number of para-hydroxylation sites is 1. The molecule has 2 nitrogen and oxygen atoms in total. The molecule has 0 saturated carbocycles. The van der Waals surface area contributed by atoms with Gasteiger partial charge in [0.15, 0.2) is 0 Å². The highest BCUT2D eigenvalue weighted by Gasteiger charge is 2.09. The first-order valence-electron chi connectivity index (χ1n) is 4.93. The average Bonchev–Trinajstić information content (AvgIpc) is 2.31. The van der Waals surface area contributed by atoms with Gasteiger partial charge in [0.05, 0.1) is 0 Å². The molecule has 0 radical (unpaired) electrons. The number of aromatic hydroxyl groups is 1. The van der Waals surface area contributed by atoms with Crippen LogP contribution < -0.4 is 0 Å². The molecule has 3 heteroatoms. The number of nitrogens with zero attached hydrogens (tertiary/aromatic N) is 1. The predicted molar refractivity (Wildman–Crippen MR) is 60.9 cm³/mol.